The summed E-state index contributed by atoms with van der Waals surface area (Å²) in [6.07, 6.45) is 3.06. The monoisotopic (exact) mass is 426 g/mol. The minimum Gasteiger partial charge on any atom is -0.384 e. The van der Waals surface area contributed by atoms with E-state index in [2.05, 4.69) is 10.4 Å². The molecular formula is C19H21ClF2N4O3. The standard InChI is InChI=1S/C19H21ClF2N4O3/c1-29-9-6-17(27)25-7-4-13(5-8-25)24-15-11-23-26(19(28)18(15)20)16-3-2-12(21)10-14(16)22/h2-3,10-11,13,24H,4-9H2,1H3. The van der Waals surface area contributed by atoms with Crippen LogP contribution in [0.1, 0.15) is 19.3 Å². The Kier molecular flexibility index (Phi) is 6.81. The van der Waals surface area contributed by atoms with Gasteiger partial charge in [0.15, 0.2) is 5.82 Å². The molecule has 1 N–H and O–H groups in total. The van der Waals surface area contributed by atoms with Gasteiger partial charge >= 0.3 is 0 Å². The van der Waals surface area contributed by atoms with Gasteiger partial charge in [-0.05, 0) is 25.0 Å². The third-order valence-corrected chi connectivity index (χ3v) is 5.15. The Morgan fingerprint density at radius 3 is 2.72 bits per heavy atom. The van der Waals surface area contributed by atoms with E-state index >= 15 is 0 Å². The molecule has 156 valence electrons. The number of carbonyl (C=O) groups is 1. The number of amides is 1. The zero-order chi connectivity index (χ0) is 21.0. The molecule has 10 heteroatoms. The van der Waals surface area contributed by atoms with Crippen LogP contribution >= 0.6 is 11.6 Å². The Morgan fingerprint density at radius 2 is 2.07 bits per heavy atom. The van der Waals surface area contributed by atoms with Gasteiger partial charge in [-0.3, -0.25) is 9.59 Å². The van der Waals surface area contributed by atoms with Crippen molar-refractivity contribution < 1.29 is 18.3 Å². The maximum absolute atomic E-state index is 14.0. The average molecular weight is 427 g/mol. The fourth-order valence-electron chi connectivity index (χ4n) is 3.20. The second kappa shape index (κ2) is 9.32. The van der Waals surface area contributed by atoms with Gasteiger partial charge in [0.2, 0.25) is 5.91 Å². The fraction of sp³-hybridized carbons (Fsp3) is 0.421. The molecule has 0 unspecified atom stereocenters. The second-order valence-electron chi connectivity index (χ2n) is 6.73. The van der Waals surface area contributed by atoms with E-state index in [1.807, 2.05) is 0 Å². The van der Waals surface area contributed by atoms with Gasteiger partial charge in [-0.2, -0.15) is 9.78 Å². The molecule has 2 aromatic rings. The molecule has 29 heavy (non-hydrogen) atoms. The van der Waals surface area contributed by atoms with Crippen LogP contribution in [0.5, 0.6) is 0 Å². The third kappa shape index (κ3) is 4.91. The smallest absolute Gasteiger partial charge is 0.292 e. The lowest BCUT2D eigenvalue weighted by atomic mass is 10.0. The number of nitrogens with one attached hydrogen (secondary N) is 1. The van der Waals surface area contributed by atoms with Gasteiger partial charge in [0.05, 0.1) is 24.9 Å². The molecule has 1 fully saturated rings. The number of carbonyl (C=O) groups excluding carboxylic acids is 1. The molecule has 3 rings (SSSR count). The summed E-state index contributed by atoms with van der Waals surface area (Å²) in [4.78, 5) is 26.3. The van der Waals surface area contributed by atoms with E-state index in [4.69, 9.17) is 16.3 Å². The fourth-order valence-corrected chi connectivity index (χ4v) is 3.38. The summed E-state index contributed by atoms with van der Waals surface area (Å²) in [6.45, 7) is 1.56. The van der Waals surface area contributed by atoms with Crippen molar-refractivity contribution in [2.45, 2.75) is 25.3 Å². The molecule has 1 amide bonds. The summed E-state index contributed by atoms with van der Waals surface area (Å²) in [7, 11) is 1.56. The minimum atomic E-state index is -0.915. The average Bonchev–Trinajstić information content (AvgIpc) is 2.71. The number of ether oxygens (including phenoxy) is 1. The molecular weight excluding hydrogens is 406 g/mol. The number of hydrogen-bond acceptors (Lipinski definition) is 5. The summed E-state index contributed by atoms with van der Waals surface area (Å²) in [5, 5.41) is 6.99. The van der Waals surface area contributed by atoms with Crippen molar-refractivity contribution in [2.24, 2.45) is 0 Å². The number of benzene rings is 1. The van der Waals surface area contributed by atoms with Crippen LogP contribution in [0.15, 0.2) is 29.2 Å². The Labute approximate surface area is 171 Å². The maximum Gasteiger partial charge on any atom is 0.292 e. The van der Waals surface area contributed by atoms with Crippen LogP contribution in [0.4, 0.5) is 14.5 Å². The Hall–Kier alpha value is -2.52. The molecule has 7 nitrogen and oxygen atoms in total. The molecule has 0 spiro atoms. The number of nitrogens with zero attached hydrogens (tertiary/aromatic N) is 3. The first kappa shape index (κ1) is 21.2. The van der Waals surface area contributed by atoms with Crippen LogP contribution in [0, 0.1) is 11.6 Å². The van der Waals surface area contributed by atoms with Crippen LogP contribution < -0.4 is 10.9 Å². The van der Waals surface area contributed by atoms with Crippen molar-refractivity contribution in [1.29, 1.82) is 0 Å². The lowest BCUT2D eigenvalue weighted by Gasteiger charge is -2.33. The van der Waals surface area contributed by atoms with Crippen LogP contribution in [0.3, 0.4) is 0 Å². The Balaban J connectivity index is 1.68. The molecule has 0 atom stereocenters. The van der Waals surface area contributed by atoms with Crippen LogP contribution in [-0.2, 0) is 9.53 Å². The highest BCUT2D eigenvalue weighted by atomic mass is 35.5. The van der Waals surface area contributed by atoms with E-state index in [0.29, 0.717) is 50.7 Å². The van der Waals surface area contributed by atoms with Crippen LogP contribution in [0.25, 0.3) is 5.69 Å². The third-order valence-electron chi connectivity index (χ3n) is 4.78. The molecule has 0 radical (unpaired) electrons. The highest BCUT2D eigenvalue weighted by molar-refractivity contribution is 6.33. The first-order chi connectivity index (χ1) is 13.9. The first-order valence-electron chi connectivity index (χ1n) is 9.17. The molecule has 1 saturated heterocycles. The number of aromatic nitrogens is 2. The number of methoxy groups -OCH3 is 1. The van der Waals surface area contributed by atoms with Gasteiger partial charge in [-0.1, -0.05) is 11.6 Å². The number of halogens is 3. The van der Waals surface area contributed by atoms with E-state index < -0.39 is 17.2 Å². The molecule has 0 bridgehead atoms. The summed E-state index contributed by atoms with van der Waals surface area (Å²) >= 11 is 6.18. The van der Waals surface area contributed by atoms with Crippen molar-refractivity contribution in [3.8, 4) is 5.69 Å². The van der Waals surface area contributed by atoms with Gasteiger partial charge in [0.1, 0.15) is 16.5 Å². The van der Waals surface area contributed by atoms with E-state index in [9.17, 15) is 18.4 Å². The molecule has 2 heterocycles. The van der Waals surface area contributed by atoms with Gasteiger partial charge in [-0.25, -0.2) is 8.78 Å². The van der Waals surface area contributed by atoms with Gasteiger partial charge in [0, 0.05) is 32.3 Å². The number of likely N-dealkylation sites (tertiary alicyclic amines) is 1. The molecule has 1 aromatic heterocycles. The number of rotatable bonds is 6. The highest BCUT2D eigenvalue weighted by Gasteiger charge is 2.24. The molecule has 0 saturated carbocycles. The highest BCUT2D eigenvalue weighted by Crippen LogP contribution is 2.22. The van der Waals surface area contributed by atoms with Crippen molar-refractivity contribution in [3.05, 3.63) is 51.4 Å². The topological polar surface area (TPSA) is 76.5 Å². The molecule has 1 aromatic carbocycles. The van der Waals surface area contributed by atoms with E-state index in [1.165, 1.54) is 6.20 Å². The van der Waals surface area contributed by atoms with E-state index in [1.54, 1.807) is 12.0 Å². The number of piperidine rings is 1. The Bertz CT molecular complexity index is 946. The molecule has 1 aliphatic heterocycles. The van der Waals surface area contributed by atoms with E-state index in [0.717, 1.165) is 16.8 Å². The minimum absolute atomic E-state index is 0.0126. The Morgan fingerprint density at radius 1 is 1.34 bits per heavy atom. The van der Waals surface area contributed by atoms with Gasteiger partial charge in [-0.15, -0.1) is 0 Å². The first-order valence-corrected chi connectivity index (χ1v) is 9.55. The predicted molar refractivity (Wildman–Crippen MR) is 104 cm³/mol. The van der Waals surface area contributed by atoms with Crippen molar-refractivity contribution in [2.75, 3.05) is 32.1 Å². The maximum atomic E-state index is 14.0. The number of hydrogen-bond donors (Lipinski definition) is 1. The summed E-state index contributed by atoms with van der Waals surface area (Å²) in [5.41, 5.74) is -0.568. The molecule has 0 aliphatic carbocycles. The summed E-state index contributed by atoms with van der Waals surface area (Å²) in [5.74, 6) is -1.62. The van der Waals surface area contributed by atoms with Crippen molar-refractivity contribution in [3.63, 3.8) is 0 Å². The quantitative estimate of drug-likeness (QED) is 0.768. The normalized spacial score (nSPS) is 14.8. The van der Waals surface area contributed by atoms with Crippen molar-refractivity contribution in [1.82, 2.24) is 14.7 Å². The van der Waals surface area contributed by atoms with E-state index in [-0.39, 0.29) is 22.7 Å². The summed E-state index contributed by atoms with van der Waals surface area (Å²) < 4.78 is 32.8. The number of anilines is 1. The second-order valence-corrected chi connectivity index (χ2v) is 7.11. The van der Waals surface area contributed by atoms with Crippen LogP contribution in [-0.4, -0.2) is 53.4 Å². The van der Waals surface area contributed by atoms with Gasteiger partial charge < -0.3 is 15.0 Å². The predicted octanol–water partition coefficient (Wildman–Crippen LogP) is 2.60. The lowest BCUT2D eigenvalue weighted by Crippen LogP contribution is -2.42. The zero-order valence-corrected chi connectivity index (χ0v) is 16.6. The lowest BCUT2D eigenvalue weighted by molar-refractivity contribution is -0.133. The molecule has 1 aliphatic rings. The van der Waals surface area contributed by atoms with Crippen LogP contribution in [0.2, 0.25) is 5.02 Å². The zero-order valence-electron chi connectivity index (χ0n) is 15.8. The SMILES string of the molecule is COCCC(=O)N1CCC(Nc2cnn(-c3ccc(F)cc3F)c(=O)c2Cl)CC1. The van der Waals surface area contributed by atoms with Crippen molar-refractivity contribution >= 4 is 23.2 Å². The largest absolute Gasteiger partial charge is 0.384 e. The van der Waals surface area contributed by atoms with Gasteiger partial charge in [0.25, 0.3) is 5.56 Å². The summed E-state index contributed by atoms with van der Waals surface area (Å²) in [6, 6.07) is 2.84.